The van der Waals surface area contributed by atoms with Gasteiger partial charge in [-0.3, -0.25) is 24.6 Å². The van der Waals surface area contributed by atoms with E-state index < -0.39 is 6.04 Å². The molecule has 0 aliphatic carbocycles. The van der Waals surface area contributed by atoms with E-state index in [1.165, 1.54) is 4.90 Å². The van der Waals surface area contributed by atoms with E-state index in [0.717, 1.165) is 67.5 Å². The number of hydrogen-bond acceptors (Lipinski definition) is 8. The first-order valence-electron chi connectivity index (χ1n) is 11.9. The van der Waals surface area contributed by atoms with Gasteiger partial charge in [0.1, 0.15) is 11.9 Å². The monoisotopic (exact) mass is 512 g/mol. The van der Waals surface area contributed by atoms with Gasteiger partial charge in [-0.25, -0.2) is 4.98 Å². The quantitative estimate of drug-likeness (QED) is 0.489. The highest BCUT2D eigenvalue weighted by Crippen LogP contribution is 2.38. The van der Waals surface area contributed by atoms with Crippen molar-refractivity contribution in [3.05, 3.63) is 45.9 Å². The number of carbonyl (C=O) groups is 3. The second-order valence-corrected chi connectivity index (χ2v) is 10.8. The molecule has 0 radical (unpaired) electrons. The minimum atomic E-state index is -0.584. The summed E-state index contributed by atoms with van der Waals surface area (Å²) in [6.45, 7) is 4.74. The molecule has 1 aromatic carbocycles. The van der Waals surface area contributed by atoms with Crippen LogP contribution in [0.2, 0.25) is 5.28 Å². The molecule has 4 aliphatic heterocycles. The fraction of sp³-hybridized carbons (Fsp3) is 0.458. The zero-order valence-corrected chi connectivity index (χ0v) is 20.7. The van der Waals surface area contributed by atoms with Gasteiger partial charge in [0.2, 0.25) is 17.1 Å². The van der Waals surface area contributed by atoms with Crippen molar-refractivity contribution in [3.63, 3.8) is 0 Å². The molecule has 1 atom stereocenters. The summed E-state index contributed by atoms with van der Waals surface area (Å²) in [7, 11) is 0. The van der Waals surface area contributed by atoms with Gasteiger partial charge in [0, 0.05) is 63.4 Å². The Morgan fingerprint density at radius 3 is 2.71 bits per heavy atom. The van der Waals surface area contributed by atoms with Gasteiger partial charge in [-0.05, 0) is 35.2 Å². The Morgan fingerprint density at radius 2 is 1.91 bits per heavy atom. The van der Waals surface area contributed by atoms with Crippen molar-refractivity contribution in [2.75, 3.05) is 36.8 Å². The zero-order valence-electron chi connectivity index (χ0n) is 19.1. The number of hydrogen-bond donors (Lipinski definition) is 1. The molecule has 2 saturated heterocycles. The van der Waals surface area contributed by atoms with Crippen molar-refractivity contribution in [2.24, 2.45) is 0 Å². The molecule has 3 amide bonds. The number of nitrogens with one attached hydrogen (secondary N) is 1. The Bertz CT molecular complexity index is 1230. The first-order chi connectivity index (χ1) is 17.0. The lowest BCUT2D eigenvalue weighted by molar-refractivity contribution is -0.136. The normalized spacial score (nSPS) is 22.4. The van der Waals surface area contributed by atoms with Crippen molar-refractivity contribution in [1.29, 1.82) is 0 Å². The third-order valence-corrected chi connectivity index (χ3v) is 8.43. The van der Waals surface area contributed by atoms with Crippen molar-refractivity contribution < 1.29 is 14.4 Å². The average molecular weight is 513 g/mol. The topological polar surface area (TPSA) is 98.7 Å². The van der Waals surface area contributed by atoms with Crippen LogP contribution in [0.4, 0.5) is 5.82 Å². The van der Waals surface area contributed by atoms with Gasteiger partial charge >= 0.3 is 0 Å². The van der Waals surface area contributed by atoms with Crippen molar-refractivity contribution in [2.45, 2.75) is 43.3 Å². The summed E-state index contributed by atoms with van der Waals surface area (Å²) in [6.07, 6.45) is 1.58. The van der Waals surface area contributed by atoms with Gasteiger partial charge in [0.25, 0.3) is 5.91 Å². The Hall–Kier alpha value is -2.69. The number of anilines is 1. The Kier molecular flexibility index (Phi) is 5.90. The van der Waals surface area contributed by atoms with Crippen LogP contribution < -0.4 is 10.2 Å². The number of fused-ring (bicyclic) bond motifs is 2. The SMILES string of the molecule is O=C1CCC(N2Cc3cc(CN4CCN(c5nc(Cl)nc6c5SCC6)CC4)ccc3C2=O)C(=O)N1. The van der Waals surface area contributed by atoms with Crippen LogP contribution in [-0.2, 0) is 29.1 Å². The van der Waals surface area contributed by atoms with E-state index >= 15 is 0 Å². The number of imide groups is 1. The van der Waals surface area contributed by atoms with Crippen molar-refractivity contribution >= 4 is 46.9 Å². The van der Waals surface area contributed by atoms with E-state index in [1.54, 1.807) is 4.90 Å². The predicted molar refractivity (Wildman–Crippen MR) is 131 cm³/mol. The Morgan fingerprint density at radius 1 is 1.09 bits per heavy atom. The molecule has 11 heteroatoms. The van der Waals surface area contributed by atoms with E-state index in [9.17, 15) is 14.4 Å². The van der Waals surface area contributed by atoms with Crippen molar-refractivity contribution in [3.8, 4) is 0 Å². The maximum atomic E-state index is 12.9. The number of amides is 3. The Labute approximate surface area is 212 Å². The lowest BCUT2D eigenvalue weighted by Crippen LogP contribution is -2.52. The summed E-state index contributed by atoms with van der Waals surface area (Å²) in [5.41, 5.74) is 3.80. The summed E-state index contributed by atoms with van der Waals surface area (Å²) in [4.78, 5) is 53.1. The molecule has 35 heavy (non-hydrogen) atoms. The maximum Gasteiger partial charge on any atom is 0.255 e. The van der Waals surface area contributed by atoms with Gasteiger partial charge in [0.15, 0.2) is 0 Å². The molecule has 1 aromatic heterocycles. The third kappa shape index (κ3) is 4.28. The number of aromatic nitrogens is 2. The van der Waals surface area contributed by atoms with Crippen molar-refractivity contribution in [1.82, 2.24) is 25.1 Å². The van der Waals surface area contributed by atoms with E-state index in [-0.39, 0.29) is 24.1 Å². The number of piperidine rings is 1. The second kappa shape index (κ2) is 9.07. The largest absolute Gasteiger partial charge is 0.353 e. The molecule has 0 spiro atoms. The van der Waals surface area contributed by atoms with Gasteiger partial charge < -0.3 is 9.80 Å². The van der Waals surface area contributed by atoms with E-state index in [1.807, 2.05) is 23.9 Å². The summed E-state index contributed by atoms with van der Waals surface area (Å²) in [5, 5.41) is 2.67. The molecule has 182 valence electrons. The van der Waals surface area contributed by atoms with E-state index in [0.29, 0.717) is 23.8 Å². The number of carbonyl (C=O) groups excluding carboxylic acids is 3. The number of halogens is 1. The molecule has 0 bridgehead atoms. The highest BCUT2D eigenvalue weighted by Gasteiger charge is 2.39. The standard InChI is InChI=1S/C24H25ClN6O3S/c25-24-26-17-5-10-35-20(17)21(28-24)30-8-6-29(7-9-30)12-14-1-2-16-15(11-14)13-31(23(16)34)18-3-4-19(32)27-22(18)33/h1-2,11,18H,3-10,12-13H2,(H,27,32,33). The molecular weight excluding hydrogens is 488 g/mol. The number of rotatable bonds is 4. The maximum absolute atomic E-state index is 12.9. The second-order valence-electron chi connectivity index (χ2n) is 9.35. The summed E-state index contributed by atoms with van der Waals surface area (Å²) in [6, 6.07) is 5.38. The van der Waals surface area contributed by atoms with Crippen LogP contribution in [0.5, 0.6) is 0 Å². The van der Waals surface area contributed by atoms with Gasteiger partial charge in [-0.1, -0.05) is 12.1 Å². The summed E-state index contributed by atoms with van der Waals surface area (Å²) >= 11 is 7.99. The van der Waals surface area contributed by atoms with Crippen LogP contribution in [0, 0.1) is 0 Å². The molecule has 6 rings (SSSR count). The van der Waals surface area contributed by atoms with Gasteiger partial charge in [-0.15, -0.1) is 11.8 Å². The zero-order chi connectivity index (χ0) is 24.1. The van der Waals surface area contributed by atoms with Crippen LogP contribution in [0.15, 0.2) is 23.1 Å². The van der Waals surface area contributed by atoms with Gasteiger partial charge in [0.05, 0.1) is 10.6 Å². The van der Waals surface area contributed by atoms with E-state index in [4.69, 9.17) is 11.6 Å². The highest BCUT2D eigenvalue weighted by molar-refractivity contribution is 7.99. The molecule has 2 fully saturated rings. The average Bonchev–Trinajstić information content (AvgIpc) is 3.43. The fourth-order valence-electron chi connectivity index (χ4n) is 5.34. The highest BCUT2D eigenvalue weighted by atomic mass is 35.5. The number of benzene rings is 1. The number of thioether (sulfide) groups is 1. The number of piperazine rings is 1. The minimum Gasteiger partial charge on any atom is -0.353 e. The summed E-state index contributed by atoms with van der Waals surface area (Å²) in [5.74, 6) is 1.20. The lowest BCUT2D eigenvalue weighted by atomic mass is 10.0. The molecule has 1 unspecified atom stereocenters. The molecular formula is C24H25ClN6O3S. The number of nitrogens with zero attached hydrogens (tertiary/aromatic N) is 5. The Balaban J connectivity index is 1.10. The fourth-order valence-corrected chi connectivity index (χ4v) is 6.64. The lowest BCUT2D eigenvalue weighted by Gasteiger charge is -2.36. The first-order valence-corrected chi connectivity index (χ1v) is 13.3. The van der Waals surface area contributed by atoms with E-state index in [2.05, 4.69) is 31.2 Å². The molecule has 4 aliphatic rings. The van der Waals surface area contributed by atoms with Crippen LogP contribution >= 0.6 is 23.4 Å². The smallest absolute Gasteiger partial charge is 0.255 e. The van der Waals surface area contributed by atoms with Crippen LogP contribution in [0.1, 0.15) is 40.0 Å². The van der Waals surface area contributed by atoms with Crippen LogP contribution in [0.25, 0.3) is 0 Å². The molecule has 1 N–H and O–H groups in total. The van der Waals surface area contributed by atoms with Crippen LogP contribution in [0.3, 0.4) is 0 Å². The molecule has 2 aromatic rings. The molecule has 9 nitrogen and oxygen atoms in total. The minimum absolute atomic E-state index is 0.136. The molecule has 0 saturated carbocycles. The summed E-state index contributed by atoms with van der Waals surface area (Å²) < 4.78 is 0. The third-order valence-electron chi connectivity index (χ3n) is 7.14. The van der Waals surface area contributed by atoms with Crippen LogP contribution in [-0.4, -0.2) is 75.5 Å². The predicted octanol–water partition coefficient (Wildman–Crippen LogP) is 1.86. The number of aryl methyl sites for hydroxylation is 1. The molecule has 5 heterocycles. The van der Waals surface area contributed by atoms with Gasteiger partial charge in [-0.2, -0.15) is 4.98 Å². The first kappa shape index (κ1) is 22.8.